The number of cyclic esters (lactones) is 2. The summed E-state index contributed by atoms with van der Waals surface area (Å²) >= 11 is 0. The molecule has 15 aliphatic rings. The highest BCUT2D eigenvalue weighted by Crippen LogP contribution is 2.87. The molecule has 3 saturated carbocycles. The number of rotatable bonds is 2. The third-order valence-corrected chi connectivity index (χ3v) is 17.5. The fourth-order valence-electron chi connectivity index (χ4n) is 14.7. The fourth-order valence-corrected chi connectivity index (χ4v) is 14.7. The predicted octanol–water partition coefficient (Wildman–Crippen LogP) is 1.67. The number of Topliss-reactive ketones (excluding diaryl/α,β-unsaturated/α-hetero) is 2. The molecule has 0 aromatic rings. The zero-order chi connectivity index (χ0) is 36.2. The van der Waals surface area contributed by atoms with Crippen LogP contribution in [-0.4, -0.2) is 119 Å². The Kier molecular flexibility index (Phi) is 4.47. The third-order valence-electron chi connectivity index (χ3n) is 17.5. The van der Waals surface area contributed by atoms with Gasteiger partial charge in [0.05, 0.1) is 0 Å². The van der Waals surface area contributed by atoms with Crippen molar-refractivity contribution in [2.45, 2.75) is 149 Å². The Hall–Kier alpha value is -2.78. The predicted molar refractivity (Wildman–Crippen MR) is 172 cm³/mol. The van der Waals surface area contributed by atoms with Gasteiger partial charge in [0.25, 0.3) is 0 Å². The summed E-state index contributed by atoms with van der Waals surface area (Å²) in [5.74, 6) is -0.125. The van der Waals surface area contributed by atoms with Crippen LogP contribution in [0, 0.1) is 22.7 Å². The topological polar surface area (TPSA) is 174 Å². The van der Waals surface area contributed by atoms with E-state index in [1.54, 1.807) is 0 Å². The van der Waals surface area contributed by atoms with E-state index in [1.807, 2.05) is 27.7 Å². The highest BCUT2D eigenvalue weighted by Gasteiger charge is 3.07. The van der Waals surface area contributed by atoms with E-state index in [9.17, 15) is 19.2 Å². The van der Waals surface area contributed by atoms with Crippen LogP contribution in [0.3, 0.4) is 0 Å². The first-order valence-corrected chi connectivity index (χ1v) is 19.5. The maximum atomic E-state index is 13.7. The average molecular weight is 729 g/mol. The highest BCUT2D eigenvalue weighted by molar-refractivity contribution is 6.07. The van der Waals surface area contributed by atoms with Crippen molar-refractivity contribution in [1.29, 1.82) is 0 Å². The molecule has 13 heteroatoms. The quantitative estimate of drug-likeness (QED) is 0.297. The number of ether oxygens (including phenoxy) is 9. The monoisotopic (exact) mass is 728 g/mol. The molecular formula is C40H40O13. The molecule has 15 rings (SSSR count). The molecule has 10 fully saturated rings. The number of hydrogen-bond donors (Lipinski definition) is 0. The van der Waals surface area contributed by atoms with Crippen molar-refractivity contribution in [3.8, 4) is 0 Å². The summed E-state index contributed by atoms with van der Waals surface area (Å²) in [5, 5.41) is 0. The molecule has 9 aliphatic heterocycles. The first-order valence-electron chi connectivity index (χ1n) is 19.5. The molecule has 0 aromatic heterocycles. The minimum absolute atomic E-state index is 0.0533. The zero-order valence-electron chi connectivity index (χ0n) is 30.3. The SMILES string of the molecule is CC(C)[C@]12O[C@H]1[C@@H]1O[C@@]13[C@@]1(C)CCC4=C(COC4=O)C1=C[C@@H]1O[C@@]13C2=O.CC(C)[C@]12O[C@H]1[C@@H]1O[C@@]13[C@@]1(C)CCC4=C(COC4=O)[C@@]14O[C@H]4[C@@H]1O[C@@]13C2=O. The van der Waals surface area contributed by atoms with E-state index in [-0.39, 0.29) is 90.1 Å². The van der Waals surface area contributed by atoms with Crippen molar-refractivity contribution in [3.63, 3.8) is 0 Å². The van der Waals surface area contributed by atoms with Crippen LogP contribution in [0.1, 0.15) is 67.2 Å². The Morgan fingerprint density at radius 2 is 1.17 bits per heavy atom. The number of carbonyl (C=O) groups excluding carboxylic acids is 4. The van der Waals surface area contributed by atoms with Gasteiger partial charge in [-0.15, -0.1) is 0 Å². The van der Waals surface area contributed by atoms with Gasteiger partial charge in [0, 0.05) is 33.1 Å². The van der Waals surface area contributed by atoms with Gasteiger partial charge >= 0.3 is 11.9 Å². The van der Waals surface area contributed by atoms with Crippen LogP contribution in [0.25, 0.3) is 0 Å². The van der Waals surface area contributed by atoms with Gasteiger partial charge in [0.15, 0.2) is 22.4 Å². The van der Waals surface area contributed by atoms with Gasteiger partial charge in [-0.1, -0.05) is 41.5 Å². The first kappa shape index (κ1) is 30.4. The molecule has 5 spiro atoms. The van der Waals surface area contributed by atoms with Crippen molar-refractivity contribution < 1.29 is 61.8 Å². The molecule has 0 unspecified atom stereocenters. The molecule has 0 amide bonds. The van der Waals surface area contributed by atoms with E-state index in [1.165, 1.54) is 0 Å². The fraction of sp³-hybridized carbons (Fsp3) is 0.750. The summed E-state index contributed by atoms with van der Waals surface area (Å²) in [5.41, 5.74) is -1.53. The summed E-state index contributed by atoms with van der Waals surface area (Å²) in [4.78, 5) is 51.6. The summed E-state index contributed by atoms with van der Waals surface area (Å²) in [6.45, 7) is 13.1. The van der Waals surface area contributed by atoms with Gasteiger partial charge in [-0.2, -0.15) is 0 Å². The van der Waals surface area contributed by atoms with Crippen LogP contribution in [-0.2, 0) is 61.8 Å². The van der Waals surface area contributed by atoms with Crippen molar-refractivity contribution in [3.05, 3.63) is 33.9 Å². The van der Waals surface area contributed by atoms with Crippen molar-refractivity contribution >= 4 is 23.5 Å². The van der Waals surface area contributed by atoms with Crippen molar-refractivity contribution in [2.24, 2.45) is 22.7 Å². The lowest BCUT2D eigenvalue weighted by Gasteiger charge is -2.49. The molecule has 0 aromatic carbocycles. The lowest BCUT2D eigenvalue weighted by molar-refractivity contribution is -0.139. The summed E-state index contributed by atoms with van der Waals surface area (Å²) in [6.07, 6.45) is 3.42. The van der Waals surface area contributed by atoms with E-state index < -0.39 is 44.6 Å². The number of ketones is 2. The van der Waals surface area contributed by atoms with E-state index in [0.29, 0.717) is 19.4 Å². The summed E-state index contributed by atoms with van der Waals surface area (Å²) in [6, 6.07) is 0. The number of hydrogen-bond acceptors (Lipinski definition) is 13. The Labute approximate surface area is 303 Å². The molecule has 16 atom stereocenters. The number of esters is 2. The van der Waals surface area contributed by atoms with Gasteiger partial charge in [-0.3, -0.25) is 9.59 Å². The van der Waals surface area contributed by atoms with Gasteiger partial charge < -0.3 is 42.6 Å². The highest BCUT2D eigenvalue weighted by atomic mass is 16.8. The van der Waals surface area contributed by atoms with Gasteiger partial charge in [-0.25, -0.2) is 9.59 Å². The Morgan fingerprint density at radius 3 is 1.89 bits per heavy atom. The molecule has 13 nitrogen and oxygen atoms in total. The number of fused-ring (bicyclic) bond motifs is 7. The van der Waals surface area contributed by atoms with E-state index in [4.69, 9.17) is 42.6 Å². The average Bonchev–Trinajstić information content (AvgIpc) is 3.90. The van der Waals surface area contributed by atoms with E-state index >= 15 is 0 Å². The normalized spacial score (nSPS) is 61.3. The van der Waals surface area contributed by atoms with E-state index in [0.717, 1.165) is 40.7 Å². The molecule has 53 heavy (non-hydrogen) atoms. The standard InChI is InChI=1S/C20H20O7.C20H20O6/c1-7(2)17-10(24-17)13-20(27-13)16(3)5-4-8-9(6-23-14(8)21)18(16)11(25-18)12-19(20,26-12)15(17)22;1-8(2)18-13(25-18)14-20(26-14)17(3)5-4-9-10(7-23-15(9)21)11(17)6-12-19(20,24-12)16(18)22/h7,10-13H,4-6H2,1-3H3;6,8,12-14H,4-5,7H2,1-3H3/t10-,11-,12-,13-,16-,17-,18-,19+,20+;12-,13-,14-,17-,18-,19+,20+/m00/s1. The third kappa shape index (κ3) is 2.46. The smallest absolute Gasteiger partial charge is 0.334 e. The van der Waals surface area contributed by atoms with Crippen LogP contribution in [0.15, 0.2) is 33.9 Å². The van der Waals surface area contributed by atoms with Crippen LogP contribution in [0.4, 0.5) is 0 Å². The Morgan fingerprint density at radius 1 is 0.585 bits per heavy atom. The number of epoxide rings is 7. The van der Waals surface area contributed by atoms with Crippen molar-refractivity contribution in [2.75, 3.05) is 13.2 Å². The molecule has 6 aliphatic carbocycles. The van der Waals surface area contributed by atoms with Crippen LogP contribution in [0.2, 0.25) is 0 Å². The zero-order valence-corrected chi connectivity index (χ0v) is 30.3. The summed E-state index contributed by atoms with van der Waals surface area (Å²) in [7, 11) is 0. The molecular weight excluding hydrogens is 688 g/mol. The molecule has 278 valence electrons. The number of carbonyl (C=O) groups is 4. The van der Waals surface area contributed by atoms with Crippen LogP contribution in [0.5, 0.6) is 0 Å². The second-order valence-electron chi connectivity index (χ2n) is 19.3. The lowest BCUT2D eigenvalue weighted by Crippen LogP contribution is -2.70. The Balaban J connectivity index is 0.000000110. The second kappa shape index (κ2) is 7.79. The molecule has 9 heterocycles. The van der Waals surface area contributed by atoms with Crippen molar-refractivity contribution in [1.82, 2.24) is 0 Å². The lowest BCUT2D eigenvalue weighted by atomic mass is 9.47. The molecule has 0 N–H and O–H groups in total. The molecule has 0 radical (unpaired) electrons. The minimum Gasteiger partial charge on any atom is -0.458 e. The van der Waals surface area contributed by atoms with Crippen LogP contribution < -0.4 is 0 Å². The second-order valence-corrected chi connectivity index (χ2v) is 19.3. The van der Waals surface area contributed by atoms with Gasteiger partial charge in [-0.05, 0) is 49.2 Å². The van der Waals surface area contributed by atoms with E-state index in [2.05, 4.69) is 19.9 Å². The van der Waals surface area contributed by atoms with Gasteiger partial charge in [0.1, 0.15) is 72.7 Å². The minimum atomic E-state index is -0.949. The molecule has 7 saturated heterocycles. The maximum Gasteiger partial charge on any atom is 0.334 e. The largest absolute Gasteiger partial charge is 0.458 e. The van der Waals surface area contributed by atoms with Gasteiger partial charge in [0.2, 0.25) is 11.6 Å². The first-order chi connectivity index (χ1) is 25.2. The van der Waals surface area contributed by atoms with Crippen LogP contribution >= 0.6 is 0 Å². The maximum absolute atomic E-state index is 13.7. The summed E-state index contributed by atoms with van der Waals surface area (Å²) < 4.78 is 54.4. The Bertz CT molecular complexity index is 2170. The molecule has 0 bridgehead atoms.